The Bertz CT molecular complexity index is 1410. The van der Waals surface area contributed by atoms with Crippen LogP contribution in [-0.2, 0) is 6.61 Å². The van der Waals surface area contributed by atoms with Crippen LogP contribution in [0.5, 0.6) is 5.88 Å². The number of aryl methyl sites for hydroxylation is 3. The minimum absolute atomic E-state index is 0.0767. The zero-order chi connectivity index (χ0) is 24.4. The van der Waals surface area contributed by atoms with Crippen molar-refractivity contribution >= 4 is 11.6 Å². The average Bonchev–Trinajstić information content (AvgIpc) is 2.82. The minimum atomic E-state index is -0.396. The van der Waals surface area contributed by atoms with Gasteiger partial charge in [0.1, 0.15) is 18.3 Å². The predicted molar refractivity (Wildman–Crippen MR) is 133 cm³/mol. The highest BCUT2D eigenvalue weighted by molar-refractivity contribution is 6.31. The van der Waals surface area contributed by atoms with Crippen molar-refractivity contribution in [3.05, 3.63) is 92.6 Å². The summed E-state index contributed by atoms with van der Waals surface area (Å²) in [5.41, 5.74) is 4.47. The number of nitrogens with zero attached hydrogens (tertiary/aromatic N) is 5. The van der Waals surface area contributed by atoms with Gasteiger partial charge in [-0.25, -0.2) is 9.97 Å². The molecule has 34 heavy (non-hydrogen) atoms. The monoisotopic (exact) mass is 475 g/mol. The maximum atomic E-state index is 13.3. The quantitative estimate of drug-likeness (QED) is 0.373. The van der Waals surface area contributed by atoms with Crippen LogP contribution in [0.25, 0.3) is 16.9 Å². The second kappa shape index (κ2) is 9.73. The van der Waals surface area contributed by atoms with Gasteiger partial charge in [0.15, 0.2) is 5.02 Å². The molecule has 0 atom stereocenters. The van der Waals surface area contributed by atoms with Crippen LogP contribution in [0.15, 0.2) is 53.5 Å². The van der Waals surface area contributed by atoms with Gasteiger partial charge in [-0.3, -0.25) is 14.3 Å². The molecule has 0 fully saturated rings. The van der Waals surface area contributed by atoms with Crippen molar-refractivity contribution < 1.29 is 4.74 Å². The number of ether oxygens (including phenoxy) is 1. The largest absolute Gasteiger partial charge is 0.470 e. The summed E-state index contributed by atoms with van der Waals surface area (Å²) in [4.78, 5) is 31.2. The summed E-state index contributed by atoms with van der Waals surface area (Å²) in [6.45, 7) is 9.86. The molecule has 4 rings (SSSR count). The maximum Gasteiger partial charge on any atom is 0.280 e. The Morgan fingerprint density at radius 1 is 1.03 bits per heavy atom. The van der Waals surface area contributed by atoms with Gasteiger partial charge in [0.05, 0.1) is 17.1 Å². The Morgan fingerprint density at radius 2 is 1.82 bits per heavy atom. The first-order valence-electron chi connectivity index (χ1n) is 11.0. The van der Waals surface area contributed by atoms with Gasteiger partial charge in [0.25, 0.3) is 5.56 Å². The normalized spacial score (nSPS) is 11.1. The molecule has 0 radical (unpaired) electrons. The molecule has 0 unspecified atom stereocenters. The highest BCUT2D eigenvalue weighted by atomic mass is 35.5. The van der Waals surface area contributed by atoms with Crippen LogP contribution < -0.4 is 10.3 Å². The second-order valence-electron chi connectivity index (χ2n) is 8.43. The SMILES string of the molecule is Cc1cccc(COc2nc(C)n(-c3cc(-c4ccnc(C(C)C)n4)ccc3C)c(=O)c2Cl)n1. The molecule has 0 aliphatic carbocycles. The molecule has 0 bridgehead atoms. The molecular weight excluding hydrogens is 450 g/mol. The van der Waals surface area contributed by atoms with Crippen LogP contribution in [0.2, 0.25) is 5.02 Å². The van der Waals surface area contributed by atoms with Gasteiger partial charge in [0.2, 0.25) is 5.88 Å². The summed E-state index contributed by atoms with van der Waals surface area (Å²) in [6.07, 6.45) is 1.75. The second-order valence-corrected chi connectivity index (χ2v) is 8.81. The van der Waals surface area contributed by atoms with Crippen molar-refractivity contribution in [3.8, 4) is 22.8 Å². The van der Waals surface area contributed by atoms with E-state index in [1.54, 1.807) is 13.1 Å². The first kappa shape index (κ1) is 23.6. The van der Waals surface area contributed by atoms with E-state index in [1.807, 2.05) is 56.3 Å². The van der Waals surface area contributed by atoms with Crippen molar-refractivity contribution in [2.45, 2.75) is 47.1 Å². The number of halogens is 1. The van der Waals surface area contributed by atoms with E-state index < -0.39 is 5.56 Å². The lowest BCUT2D eigenvalue weighted by Gasteiger charge is -2.16. The van der Waals surface area contributed by atoms with E-state index in [9.17, 15) is 4.79 Å². The molecule has 0 amide bonds. The molecule has 0 saturated heterocycles. The maximum absolute atomic E-state index is 13.3. The Kier molecular flexibility index (Phi) is 6.75. The van der Waals surface area contributed by atoms with Crippen LogP contribution >= 0.6 is 11.6 Å². The number of rotatable bonds is 6. The lowest BCUT2D eigenvalue weighted by Crippen LogP contribution is -2.24. The molecule has 174 valence electrons. The summed E-state index contributed by atoms with van der Waals surface area (Å²) >= 11 is 6.42. The van der Waals surface area contributed by atoms with E-state index in [-0.39, 0.29) is 23.4 Å². The van der Waals surface area contributed by atoms with Crippen LogP contribution in [0, 0.1) is 20.8 Å². The highest BCUT2D eigenvalue weighted by Crippen LogP contribution is 2.26. The van der Waals surface area contributed by atoms with E-state index in [1.165, 1.54) is 4.57 Å². The number of pyridine rings is 1. The van der Waals surface area contributed by atoms with Crippen molar-refractivity contribution in [2.24, 2.45) is 0 Å². The topological polar surface area (TPSA) is 82.8 Å². The zero-order valence-electron chi connectivity index (χ0n) is 19.8. The van der Waals surface area contributed by atoms with Gasteiger partial charge < -0.3 is 4.74 Å². The van der Waals surface area contributed by atoms with E-state index >= 15 is 0 Å². The third-order valence-corrected chi connectivity index (χ3v) is 5.73. The Hall–Kier alpha value is -3.58. The number of benzene rings is 1. The van der Waals surface area contributed by atoms with Crippen molar-refractivity contribution in [2.75, 3.05) is 0 Å². The van der Waals surface area contributed by atoms with Crippen molar-refractivity contribution in [1.29, 1.82) is 0 Å². The van der Waals surface area contributed by atoms with Gasteiger partial charge in [-0.15, -0.1) is 0 Å². The predicted octanol–water partition coefficient (Wildman–Crippen LogP) is 5.37. The lowest BCUT2D eigenvalue weighted by molar-refractivity contribution is 0.287. The number of aromatic nitrogens is 5. The van der Waals surface area contributed by atoms with Crippen LogP contribution in [0.3, 0.4) is 0 Å². The first-order chi connectivity index (χ1) is 16.2. The Balaban J connectivity index is 1.72. The Morgan fingerprint density at radius 3 is 2.56 bits per heavy atom. The smallest absolute Gasteiger partial charge is 0.280 e. The molecule has 1 aromatic carbocycles. The van der Waals surface area contributed by atoms with Crippen LogP contribution in [0.1, 0.15) is 48.4 Å². The molecule has 0 aliphatic rings. The standard InChI is InChI=1S/C26H26ClN5O2/c1-15(2)24-28-12-11-21(31-24)19-10-9-16(3)22(13-19)32-18(5)30-25(23(27)26(32)33)34-14-20-8-6-7-17(4)29-20/h6-13,15H,14H2,1-5H3. The Labute approximate surface area is 203 Å². The molecule has 7 nitrogen and oxygen atoms in total. The fraction of sp³-hybridized carbons (Fsp3) is 0.269. The summed E-state index contributed by atoms with van der Waals surface area (Å²) in [6, 6.07) is 13.4. The van der Waals surface area contributed by atoms with Gasteiger partial charge in [-0.1, -0.05) is 43.6 Å². The van der Waals surface area contributed by atoms with Crippen LogP contribution in [0.4, 0.5) is 0 Å². The van der Waals surface area contributed by atoms with Gasteiger partial charge in [-0.05, 0) is 50.6 Å². The minimum Gasteiger partial charge on any atom is -0.470 e. The lowest BCUT2D eigenvalue weighted by atomic mass is 10.1. The van der Waals surface area contributed by atoms with Crippen molar-refractivity contribution in [3.63, 3.8) is 0 Å². The van der Waals surface area contributed by atoms with E-state index in [0.29, 0.717) is 11.5 Å². The molecule has 0 aliphatic heterocycles. The van der Waals surface area contributed by atoms with Gasteiger partial charge >= 0.3 is 0 Å². The third-order valence-electron chi connectivity index (χ3n) is 5.40. The molecule has 0 N–H and O–H groups in total. The molecule has 3 heterocycles. The summed E-state index contributed by atoms with van der Waals surface area (Å²) in [7, 11) is 0. The molecule has 4 aromatic rings. The molecule has 3 aromatic heterocycles. The third kappa shape index (κ3) is 4.84. The average molecular weight is 476 g/mol. The van der Waals surface area contributed by atoms with Gasteiger partial charge in [-0.2, -0.15) is 4.98 Å². The fourth-order valence-corrected chi connectivity index (χ4v) is 3.79. The van der Waals surface area contributed by atoms with E-state index in [0.717, 1.165) is 34.0 Å². The summed E-state index contributed by atoms with van der Waals surface area (Å²) in [5.74, 6) is 1.53. The summed E-state index contributed by atoms with van der Waals surface area (Å²) < 4.78 is 7.26. The molecular formula is C26H26ClN5O2. The van der Waals surface area contributed by atoms with E-state index in [2.05, 4.69) is 33.8 Å². The molecule has 0 saturated carbocycles. The van der Waals surface area contributed by atoms with Gasteiger partial charge in [0, 0.05) is 23.4 Å². The number of hydrogen-bond donors (Lipinski definition) is 0. The van der Waals surface area contributed by atoms with Crippen LogP contribution in [-0.4, -0.2) is 24.5 Å². The molecule has 0 spiro atoms. The van der Waals surface area contributed by atoms with Crippen molar-refractivity contribution in [1.82, 2.24) is 24.5 Å². The van der Waals surface area contributed by atoms with E-state index in [4.69, 9.17) is 16.3 Å². The highest BCUT2D eigenvalue weighted by Gasteiger charge is 2.18. The zero-order valence-corrected chi connectivity index (χ0v) is 20.6. The fourth-order valence-electron chi connectivity index (χ4n) is 3.61. The number of hydrogen-bond acceptors (Lipinski definition) is 6. The summed E-state index contributed by atoms with van der Waals surface area (Å²) in [5, 5.41) is -0.0767. The molecule has 8 heteroatoms. The first-order valence-corrected chi connectivity index (χ1v) is 11.4.